The van der Waals surface area contributed by atoms with Crippen LogP contribution in [0.15, 0.2) is 24.5 Å². The Balaban J connectivity index is 1.43. The molecule has 1 aromatic rings. The second-order valence-corrected chi connectivity index (χ2v) is 7.57. The minimum absolute atomic E-state index is 0.109. The number of carbonyl (C=O) groups excluding carboxylic acids is 1. The number of rotatable bonds is 7. The number of aliphatic hydroxyl groups is 1. The van der Waals surface area contributed by atoms with E-state index in [1.165, 1.54) is 18.4 Å². The van der Waals surface area contributed by atoms with Gasteiger partial charge in [-0.05, 0) is 69.4 Å². The first kappa shape index (κ1) is 19.3. The number of aliphatic hydroxyl groups excluding tert-OH is 1. The Hall–Kier alpha value is -1.50. The van der Waals surface area contributed by atoms with Crippen molar-refractivity contribution in [1.29, 1.82) is 0 Å². The minimum Gasteiger partial charge on any atom is -0.396 e. The molecule has 26 heavy (non-hydrogen) atoms. The average Bonchev–Trinajstić information content (AvgIpc) is 2.69. The normalized spacial score (nSPS) is 23.0. The molecule has 2 N–H and O–H groups in total. The van der Waals surface area contributed by atoms with Crippen molar-refractivity contribution in [1.82, 2.24) is 20.1 Å². The van der Waals surface area contributed by atoms with Crippen molar-refractivity contribution in [2.45, 2.75) is 44.7 Å². The molecule has 1 amide bonds. The lowest BCUT2D eigenvalue weighted by atomic mass is 9.93. The molecule has 1 atom stereocenters. The first-order valence-corrected chi connectivity index (χ1v) is 10.00. The van der Waals surface area contributed by atoms with Crippen LogP contribution in [-0.4, -0.2) is 71.2 Å². The van der Waals surface area contributed by atoms with Gasteiger partial charge in [-0.25, -0.2) is 0 Å². The van der Waals surface area contributed by atoms with Gasteiger partial charge in [0.1, 0.15) is 0 Å². The Bertz CT molecular complexity index is 546. The molecule has 0 aromatic carbocycles. The van der Waals surface area contributed by atoms with Crippen LogP contribution in [-0.2, 0) is 11.3 Å². The number of nitrogens with one attached hydrogen (secondary N) is 1. The molecule has 3 rings (SSSR count). The molecule has 3 heterocycles. The maximum absolute atomic E-state index is 12.3. The molecule has 0 saturated carbocycles. The highest BCUT2D eigenvalue weighted by Gasteiger charge is 2.31. The van der Waals surface area contributed by atoms with E-state index >= 15 is 0 Å². The molecule has 2 aliphatic heterocycles. The SMILES string of the molecule is O=C(NCCCO)C1CCCN(C2CCN(Cc3ccncc3)CC2)C1. The van der Waals surface area contributed by atoms with Gasteiger partial charge in [-0.1, -0.05) is 0 Å². The van der Waals surface area contributed by atoms with E-state index in [2.05, 4.69) is 32.2 Å². The van der Waals surface area contributed by atoms with E-state index < -0.39 is 0 Å². The van der Waals surface area contributed by atoms with Gasteiger partial charge in [0.05, 0.1) is 5.92 Å². The molecule has 1 aromatic heterocycles. The maximum Gasteiger partial charge on any atom is 0.224 e. The van der Waals surface area contributed by atoms with Crippen LogP contribution < -0.4 is 5.32 Å². The van der Waals surface area contributed by atoms with Crippen LogP contribution in [0.1, 0.15) is 37.7 Å². The predicted molar refractivity (Wildman–Crippen MR) is 102 cm³/mol. The molecule has 0 spiro atoms. The fourth-order valence-corrected chi connectivity index (χ4v) is 4.18. The largest absolute Gasteiger partial charge is 0.396 e. The highest BCUT2D eigenvalue weighted by atomic mass is 16.3. The summed E-state index contributed by atoms with van der Waals surface area (Å²) in [5, 5.41) is 11.8. The third kappa shape index (κ3) is 5.50. The van der Waals surface area contributed by atoms with Crippen LogP contribution in [0.4, 0.5) is 0 Å². The van der Waals surface area contributed by atoms with Gasteiger partial charge >= 0.3 is 0 Å². The summed E-state index contributed by atoms with van der Waals surface area (Å²) in [5.41, 5.74) is 1.33. The highest BCUT2D eigenvalue weighted by Crippen LogP contribution is 2.24. The molecule has 144 valence electrons. The summed E-state index contributed by atoms with van der Waals surface area (Å²) in [6, 6.07) is 4.80. The summed E-state index contributed by atoms with van der Waals surface area (Å²) in [6.45, 7) is 5.97. The predicted octanol–water partition coefficient (Wildman–Crippen LogP) is 1.26. The number of pyridine rings is 1. The maximum atomic E-state index is 12.3. The summed E-state index contributed by atoms with van der Waals surface area (Å²) in [4.78, 5) is 21.5. The third-order valence-electron chi connectivity index (χ3n) is 5.69. The number of carbonyl (C=O) groups is 1. The molecular formula is C20H32N4O2. The van der Waals surface area contributed by atoms with Crippen LogP contribution in [0.25, 0.3) is 0 Å². The van der Waals surface area contributed by atoms with E-state index in [0.29, 0.717) is 19.0 Å². The highest BCUT2D eigenvalue weighted by molar-refractivity contribution is 5.78. The second kappa shape index (κ2) is 10.00. The third-order valence-corrected chi connectivity index (χ3v) is 5.69. The lowest BCUT2D eigenvalue weighted by Gasteiger charge is -2.42. The van der Waals surface area contributed by atoms with Crippen molar-refractivity contribution in [2.75, 3.05) is 39.3 Å². The Morgan fingerprint density at radius 1 is 1.19 bits per heavy atom. The molecular weight excluding hydrogens is 328 g/mol. The number of hydrogen-bond acceptors (Lipinski definition) is 5. The molecule has 6 nitrogen and oxygen atoms in total. The Morgan fingerprint density at radius 3 is 2.69 bits per heavy atom. The van der Waals surface area contributed by atoms with Crippen LogP contribution >= 0.6 is 0 Å². The lowest BCUT2D eigenvalue weighted by molar-refractivity contribution is -0.127. The van der Waals surface area contributed by atoms with Gasteiger partial charge in [-0.15, -0.1) is 0 Å². The van der Waals surface area contributed by atoms with Gasteiger partial charge in [-0.2, -0.15) is 0 Å². The number of hydrogen-bond donors (Lipinski definition) is 2. The number of nitrogens with zero attached hydrogens (tertiary/aromatic N) is 3. The van der Waals surface area contributed by atoms with Crippen LogP contribution in [0, 0.1) is 5.92 Å². The summed E-state index contributed by atoms with van der Waals surface area (Å²) >= 11 is 0. The molecule has 6 heteroatoms. The number of amides is 1. The van der Waals surface area contributed by atoms with Gasteiger partial charge < -0.3 is 10.4 Å². The first-order chi connectivity index (χ1) is 12.8. The average molecular weight is 361 g/mol. The molecule has 2 saturated heterocycles. The van der Waals surface area contributed by atoms with Crippen molar-refractivity contribution >= 4 is 5.91 Å². The summed E-state index contributed by atoms with van der Waals surface area (Å²) in [6.07, 6.45) is 8.83. The number of aromatic nitrogens is 1. The summed E-state index contributed by atoms with van der Waals surface area (Å²) in [5.74, 6) is 0.274. The minimum atomic E-state index is 0.109. The van der Waals surface area contributed by atoms with Crippen molar-refractivity contribution in [3.05, 3.63) is 30.1 Å². The first-order valence-electron chi connectivity index (χ1n) is 10.00. The van der Waals surface area contributed by atoms with E-state index in [0.717, 1.165) is 45.6 Å². The zero-order valence-electron chi connectivity index (χ0n) is 15.6. The molecule has 1 unspecified atom stereocenters. The topological polar surface area (TPSA) is 68.7 Å². The summed E-state index contributed by atoms with van der Waals surface area (Å²) < 4.78 is 0. The Kier molecular flexibility index (Phi) is 7.41. The van der Waals surface area contributed by atoms with Gasteiger partial charge in [0, 0.05) is 44.7 Å². The van der Waals surface area contributed by atoms with E-state index in [-0.39, 0.29) is 18.4 Å². The van der Waals surface area contributed by atoms with Crippen LogP contribution in [0.3, 0.4) is 0 Å². The molecule has 0 bridgehead atoms. The quantitative estimate of drug-likeness (QED) is 0.717. The zero-order valence-corrected chi connectivity index (χ0v) is 15.6. The van der Waals surface area contributed by atoms with E-state index in [1.807, 2.05) is 12.4 Å². The van der Waals surface area contributed by atoms with E-state index in [9.17, 15) is 4.79 Å². The van der Waals surface area contributed by atoms with E-state index in [1.54, 1.807) is 0 Å². The van der Waals surface area contributed by atoms with Crippen molar-refractivity contribution in [3.8, 4) is 0 Å². The van der Waals surface area contributed by atoms with Crippen LogP contribution in [0.5, 0.6) is 0 Å². The molecule has 2 fully saturated rings. The van der Waals surface area contributed by atoms with Gasteiger partial charge in [0.15, 0.2) is 0 Å². The number of likely N-dealkylation sites (tertiary alicyclic amines) is 2. The van der Waals surface area contributed by atoms with Crippen molar-refractivity contribution in [3.63, 3.8) is 0 Å². The molecule has 0 radical (unpaired) electrons. The number of piperidine rings is 2. The molecule has 2 aliphatic rings. The standard InChI is InChI=1S/C20H32N4O2/c25-14-2-8-22-20(26)18-3-1-11-24(16-18)19-6-12-23(13-7-19)15-17-4-9-21-10-5-17/h4-5,9-10,18-19,25H,1-3,6-8,11-16H2,(H,22,26). The van der Waals surface area contributed by atoms with Gasteiger partial charge in [0.2, 0.25) is 5.91 Å². The van der Waals surface area contributed by atoms with Crippen molar-refractivity contribution < 1.29 is 9.90 Å². The monoisotopic (exact) mass is 360 g/mol. The fourth-order valence-electron chi connectivity index (χ4n) is 4.18. The molecule has 0 aliphatic carbocycles. The van der Waals surface area contributed by atoms with Crippen LogP contribution in [0.2, 0.25) is 0 Å². The smallest absolute Gasteiger partial charge is 0.224 e. The Labute approximate surface area is 156 Å². The van der Waals surface area contributed by atoms with E-state index in [4.69, 9.17) is 5.11 Å². The second-order valence-electron chi connectivity index (χ2n) is 7.57. The fraction of sp³-hybridized carbons (Fsp3) is 0.700. The van der Waals surface area contributed by atoms with Gasteiger partial charge in [-0.3, -0.25) is 19.6 Å². The van der Waals surface area contributed by atoms with Gasteiger partial charge in [0.25, 0.3) is 0 Å². The lowest BCUT2D eigenvalue weighted by Crippen LogP contribution is -2.50. The Morgan fingerprint density at radius 2 is 1.96 bits per heavy atom. The zero-order chi connectivity index (χ0) is 18.2. The van der Waals surface area contributed by atoms with Crippen molar-refractivity contribution in [2.24, 2.45) is 5.92 Å². The summed E-state index contributed by atoms with van der Waals surface area (Å²) in [7, 11) is 0.